The fraction of sp³-hybridized carbons (Fsp3) is 0.200. The van der Waals surface area contributed by atoms with Gasteiger partial charge in [0.05, 0.1) is 17.0 Å². The standard InChI is InChI=1S/C20H14F3N3O4S/c1-10(27)12-6-15-16(30-9-29-15)7-14(12)24-17(28)8-31-18-11-4-2-3-5-13(11)25-19(26-18)20(21,22)23/h2-7H,8-9H2,1H3,(H,24,28). The molecule has 1 aromatic heterocycles. The van der Waals surface area contributed by atoms with Crippen molar-refractivity contribution >= 4 is 40.0 Å². The van der Waals surface area contributed by atoms with Gasteiger partial charge < -0.3 is 14.8 Å². The fourth-order valence-corrected chi connectivity index (χ4v) is 3.76. The molecule has 0 spiro atoms. The molecule has 2 heterocycles. The summed E-state index contributed by atoms with van der Waals surface area (Å²) in [7, 11) is 0. The number of ketones is 1. The van der Waals surface area contributed by atoms with Gasteiger partial charge in [0.2, 0.25) is 18.5 Å². The summed E-state index contributed by atoms with van der Waals surface area (Å²) in [6, 6.07) is 9.20. The highest BCUT2D eigenvalue weighted by molar-refractivity contribution is 8.00. The van der Waals surface area contributed by atoms with Crippen molar-refractivity contribution in [2.24, 2.45) is 0 Å². The van der Waals surface area contributed by atoms with Gasteiger partial charge >= 0.3 is 6.18 Å². The Morgan fingerprint density at radius 3 is 2.55 bits per heavy atom. The molecule has 1 aliphatic heterocycles. The van der Waals surface area contributed by atoms with Crippen LogP contribution in [0.2, 0.25) is 0 Å². The number of ether oxygens (including phenoxy) is 2. The number of carbonyl (C=O) groups is 2. The third-order valence-corrected chi connectivity index (χ3v) is 5.32. The van der Waals surface area contributed by atoms with E-state index in [1.807, 2.05) is 0 Å². The van der Waals surface area contributed by atoms with Gasteiger partial charge in [0, 0.05) is 17.0 Å². The molecule has 31 heavy (non-hydrogen) atoms. The summed E-state index contributed by atoms with van der Waals surface area (Å²) < 4.78 is 49.9. The van der Waals surface area contributed by atoms with Crippen molar-refractivity contribution in [2.75, 3.05) is 17.9 Å². The molecule has 0 atom stereocenters. The molecule has 0 aliphatic carbocycles. The van der Waals surface area contributed by atoms with Crippen LogP contribution < -0.4 is 14.8 Å². The number of fused-ring (bicyclic) bond motifs is 2. The fourth-order valence-electron chi connectivity index (χ4n) is 2.94. The maximum Gasteiger partial charge on any atom is 0.451 e. The predicted octanol–water partition coefficient (Wildman–Crippen LogP) is 4.31. The summed E-state index contributed by atoms with van der Waals surface area (Å²) >= 11 is 0.843. The van der Waals surface area contributed by atoms with E-state index in [0.29, 0.717) is 16.9 Å². The Kier molecular flexibility index (Phi) is 5.44. The number of thioether (sulfide) groups is 1. The second-order valence-corrected chi connectivity index (χ2v) is 7.48. The third-order valence-electron chi connectivity index (χ3n) is 4.33. The lowest BCUT2D eigenvalue weighted by Gasteiger charge is -2.12. The van der Waals surface area contributed by atoms with E-state index in [0.717, 1.165) is 11.8 Å². The van der Waals surface area contributed by atoms with Crippen LogP contribution in [0.4, 0.5) is 18.9 Å². The van der Waals surface area contributed by atoms with E-state index < -0.39 is 17.9 Å². The van der Waals surface area contributed by atoms with Gasteiger partial charge in [0.25, 0.3) is 0 Å². The number of alkyl halides is 3. The SMILES string of the molecule is CC(=O)c1cc2c(cc1NC(=O)CSc1nc(C(F)(F)F)nc3ccccc13)OCO2. The van der Waals surface area contributed by atoms with Crippen molar-refractivity contribution in [1.29, 1.82) is 0 Å². The minimum absolute atomic E-state index is 0.00224. The minimum Gasteiger partial charge on any atom is -0.454 e. The Hall–Kier alpha value is -3.34. The number of nitrogens with zero attached hydrogens (tertiary/aromatic N) is 2. The Balaban J connectivity index is 1.56. The smallest absolute Gasteiger partial charge is 0.451 e. The van der Waals surface area contributed by atoms with Crippen LogP contribution in [0.15, 0.2) is 41.4 Å². The molecule has 160 valence electrons. The average molecular weight is 449 g/mol. The van der Waals surface area contributed by atoms with E-state index in [9.17, 15) is 22.8 Å². The first-order valence-corrected chi connectivity index (χ1v) is 9.92. The van der Waals surface area contributed by atoms with Crippen LogP contribution in [0.5, 0.6) is 11.5 Å². The maximum atomic E-state index is 13.1. The van der Waals surface area contributed by atoms with Gasteiger partial charge in [-0.3, -0.25) is 9.59 Å². The third kappa shape index (κ3) is 4.41. The highest BCUT2D eigenvalue weighted by atomic mass is 32.2. The van der Waals surface area contributed by atoms with E-state index in [-0.39, 0.29) is 40.1 Å². The lowest BCUT2D eigenvalue weighted by molar-refractivity contribution is -0.145. The molecular formula is C20H14F3N3O4S. The summed E-state index contributed by atoms with van der Waals surface area (Å²) in [5.41, 5.74) is 0.586. The number of rotatable bonds is 5. The van der Waals surface area contributed by atoms with E-state index in [1.165, 1.54) is 25.1 Å². The lowest BCUT2D eigenvalue weighted by Crippen LogP contribution is -2.17. The van der Waals surface area contributed by atoms with Crippen molar-refractivity contribution in [2.45, 2.75) is 18.1 Å². The Bertz CT molecular complexity index is 1200. The predicted molar refractivity (Wildman–Crippen MR) is 106 cm³/mol. The first kappa shape index (κ1) is 20.9. The van der Waals surface area contributed by atoms with Gasteiger partial charge in [-0.05, 0) is 19.1 Å². The van der Waals surface area contributed by atoms with Crippen LogP contribution in [0.3, 0.4) is 0 Å². The highest BCUT2D eigenvalue weighted by Crippen LogP contribution is 2.37. The molecule has 1 amide bonds. The number of para-hydroxylation sites is 1. The van der Waals surface area contributed by atoms with Crippen molar-refractivity contribution in [3.63, 3.8) is 0 Å². The summed E-state index contributed by atoms with van der Waals surface area (Å²) in [5, 5.41) is 3.04. The van der Waals surface area contributed by atoms with Gasteiger partial charge in [-0.25, -0.2) is 9.97 Å². The molecule has 0 radical (unpaired) electrons. The van der Waals surface area contributed by atoms with Gasteiger partial charge in [0.1, 0.15) is 5.03 Å². The monoisotopic (exact) mass is 449 g/mol. The van der Waals surface area contributed by atoms with Crippen LogP contribution in [0, 0.1) is 0 Å². The van der Waals surface area contributed by atoms with Crippen molar-refractivity contribution in [1.82, 2.24) is 9.97 Å². The van der Waals surface area contributed by atoms with E-state index in [2.05, 4.69) is 15.3 Å². The minimum atomic E-state index is -4.72. The summed E-state index contributed by atoms with van der Waals surface area (Å²) in [6.45, 7) is 1.34. The zero-order chi connectivity index (χ0) is 22.2. The average Bonchev–Trinajstić information content (AvgIpc) is 3.17. The molecular weight excluding hydrogens is 435 g/mol. The second-order valence-electron chi connectivity index (χ2n) is 6.51. The molecule has 2 aromatic carbocycles. The van der Waals surface area contributed by atoms with Crippen LogP contribution in [0.1, 0.15) is 23.1 Å². The lowest BCUT2D eigenvalue weighted by atomic mass is 10.1. The second kappa shape index (κ2) is 8.06. The van der Waals surface area contributed by atoms with E-state index in [4.69, 9.17) is 9.47 Å². The van der Waals surface area contributed by atoms with Crippen molar-refractivity contribution < 1.29 is 32.2 Å². The highest BCUT2D eigenvalue weighted by Gasteiger charge is 2.35. The van der Waals surface area contributed by atoms with E-state index >= 15 is 0 Å². The molecule has 3 aromatic rings. The molecule has 0 saturated heterocycles. The molecule has 0 saturated carbocycles. The quantitative estimate of drug-likeness (QED) is 0.353. The molecule has 0 unspecified atom stereocenters. The van der Waals surface area contributed by atoms with Crippen LogP contribution in [-0.4, -0.2) is 34.2 Å². The van der Waals surface area contributed by atoms with Gasteiger partial charge in [-0.1, -0.05) is 30.0 Å². The van der Waals surface area contributed by atoms with Crippen LogP contribution in [-0.2, 0) is 11.0 Å². The van der Waals surface area contributed by atoms with Crippen molar-refractivity contribution in [3.8, 4) is 11.5 Å². The normalized spacial score (nSPS) is 12.8. The largest absolute Gasteiger partial charge is 0.454 e. The number of benzene rings is 2. The molecule has 1 N–H and O–H groups in total. The number of nitrogens with one attached hydrogen (secondary N) is 1. The van der Waals surface area contributed by atoms with Gasteiger partial charge in [0.15, 0.2) is 17.3 Å². The first-order valence-electron chi connectivity index (χ1n) is 8.93. The maximum absolute atomic E-state index is 13.1. The summed E-state index contributed by atoms with van der Waals surface area (Å²) in [6.07, 6.45) is -4.72. The molecule has 0 fully saturated rings. The van der Waals surface area contributed by atoms with Crippen LogP contribution in [0.25, 0.3) is 10.9 Å². The van der Waals surface area contributed by atoms with Crippen molar-refractivity contribution in [3.05, 3.63) is 47.8 Å². The summed E-state index contributed by atoms with van der Waals surface area (Å²) in [4.78, 5) is 31.6. The Morgan fingerprint density at radius 1 is 1.13 bits per heavy atom. The molecule has 0 bridgehead atoms. The molecule has 1 aliphatic rings. The summed E-state index contributed by atoms with van der Waals surface area (Å²) in [5.74, 6) is -1.55. The number of hydrogen-bond acceptors (Lipinski definition) is 7. The molecule has 4 rings (SSSR count). The molecule has 11 heteroatoms. The number of halogens is 3. The Morgan fingerprint density at radius 2 is 1.84 bits per heavy atom. The van der Waals surface area contributed by atoms with Crippen LogP contribution >= 0.6 is 11.8 Å². The number of Topliss-reactive ketones (excluding diaryl/α,β-unsaturated/α-hetero) is 1. The topological polar surface area (TPSA) is 90.4 Å². The molecule has 7 nitrogen and oxygen atoms in total. The number of aromatic nitrogens is 2. The number of carbonyl (C=O) groups excluding carboxylic acids is 2. The van der Waals surface area contributed by atoms with Gasteiger partial charge in [-0.15, -0.1) is 0 Å². The number of hydrogen-bond donors (Lipinski definition) is 1. The first-order chi connectivity index (χ1) is 14.7. The van der Waals surface area contributed by atoms with Gasteiger partial charge in [-0.2, -0.15) is 13.2 Å². The number of amides is 1. The zero-order valence-electron chi connectivity index (χ0n) is 15.9. The van der Waals surface area contributed by atoms with E-state index in [1.54, 1.807) is 18.2 Å². The number of anilines is 1. The Labute approximate surface area is 178 Å². The zero-order valence-corrected chi connectivity index (χ0v) is 16.8.